The predicted molar refractivity (Wildman–Crippen MR) is 89.3 cm³/mol. The minimum absolute atomic E-state index is 0.240. The highest BCUT2D eigenvalue weighted by atomic mass is 35.5. The number of urea groups is 1. The zero-order valence-corrected chi connectivity index (χ0v) is 13.8. The number of piperidine rings is 1. The summed E-state index contributed by atoms with van der Waals surface area (Å²) in [6, 6.07) is 3.52. The molecule has 2 amide bonds. The van der Waals surface area contributed by atoms with Gasteiger partial charge in [0.05, 0.1) is 0 Å². The van der Waals surface area contributed by atoms with E-state index < -0.39 is 5.82 Å². The number of rotatable bonds is 6. The molecule has 5 nitrogen and oxygen atoms in total. The van der Waals surface area contributed by atoms with Crippen LogP contribution in [-0.2, 0) is 0 Å². The molecule has 128 valence electrons. The molecule has 2 rings (SSSR count). The molecule has 0 aromatic heterocycles. The smallest absolute Gasteiger partial charge is 0.319 e. The summed E-state index contributed by atoms with van der Waals surface area (Å²) < 4.78 is 13.2. The maximum absolute atomic E-state index is 13.2. The zero-order valence-electron chi connectivity index (χ0n) is 13.0. The monoisotopic (exact) mass is 343 g/mol. The summed E-state index contributed by atoms with van der Waals surface area (Å²) in [5, 5.41) is 14.7. The Morgan fingerprint density at radius 2 is 2.26 bits per heavy atom. The molecule has 7 heteroatoms. The Kier molecular flexibility index (Phi) is 7.08. The third-order valence-electron chi connectivity index (χ3n) is 3.92. The second-order valence-corrected chi connectivity index (χ2v) is 6.32. The van der Waals surface area contributed by atoms with Crippen LogP contribution in [0.15, 0.2) is 18.2 Å². The number of benzene rings is 1. The first-order valence-corrected chi connectivity index (χ1v) is 8.29. The average Bonchev–Trinajstić information content (AvgIpc) is 2.51. The van der Waals surface area contributed by atoms with Crippen molar-refractivity contribution in [3.63, 3.8) is 0 Å². The van der Waals surface area contributed by atoms with Crippen molar-refractivity contribution in [1.29, 1.82) is 0 Å². The van der Waals surface area contributed by atoms with Crippen molar-refractivity contribution in [2.45, 2.75) is 19.3 Å². The van der Waals surface area contributed by atoms with Crippen LogP contribution in [0.3, 0.4) is 0 Å². The fourth-order valence-electron chi connectivity index (χ4n) is 2.81. The normalized spacial score (nSPS) is 18.7. The number of aliphatic hydroxyl groups is 1. The zero-order chi connectivity index (χ0) is 16.7. The lowest BCUT2D eigenvalue weighted by Crippen LogP contribution is -2.38. The van der Waals surface area contributed by atoms with Gasteiger partial charge in [0, 0.05) is 30.4 Å². The minimum atomic E-state index is -0.490. The Labute approximate surface area is 140 Å². The van der Waals surface area contributed by atoms with Gasteiger partial charge in [0.25, 0.3) is 0 Å². The number of halogens is 2. The maximum Gasteiger partial charge on any atom is 0.319 e. The number of carbonyl (C=O) groups is 1. The Morgan fingerprint density at radius 3 is 3.00 bits per heavy atom. The van der Waals surface area contributed by atoms with Crippen molar-refractivity contribution in [2.75, 3.05) is 38.1 Å². The van der Waals surface area contributed by atoms with Gasteiger partial charge < -0.3 is 20.6 Å². The molecule has 0 radical (unpaired) electrons. The molecule has 1 saturated heterocycles. The van der Waals surface area contributed by atoms with E-state index in [1.54, 1.807) is 0 Å². The number of aliphatic hydroxyl groups excluding tert-OH is 1. The number of hydrogen-bond acceptors (Lipinski definition) is 3. The van der Waals surface area contributed by atoms with Gasteiger partial charge in [-0.3, -0.25) is 0 Å². The lowest BCUT2D eigenvalue weighted by atomic mass is 9.99. The van der Waals surface area contributed by atoms with E-state index >= 15 is 0 Å². The number of carbonyl (C=O) groups excluding carboxylic acids is 1. The van der Waals surface area contributed by atoms with Crippen LogP contribution in [-0.4, -0.2) is 48.8 Å². The van der Waals surface area contributed by atoms with Crippen LogP contribution in [0.2, 0.25) is 5.02 Å². The lowest BCUT2D eigenvalue weighted by molar-refractivity contribution is 0.120. The van der Waals surface area contributed by atoms with E-state index in [-0.39, 0.29) is 17.7 Å². The third kappa shape index (κ3) is 6.33. The molecule has 1 atom stereocenters. The number of nitrogens with zero attached hydrogens (tertiary/aromatic N) is 1. The van der Waals surface area contributed by atoms with E-state index in [9.17, 15) is 14.3 Å². The Bertz CT molecular complexity index is 510. The largest absolute Gasteiger partial charge is 0.396 e. The van der Waals surface area contributed by atoms with Gasteiger partial charge in [0.1, 0.15) is 5.82 Å². The molecule has 3 N–H and O–H groups in total. The summed E-state index contributed by atoms with van der Waals surface area (Å²) in [4.78, 5) is 14.1. The summed E-state index contributed by atoms with van der Waals surface area (Å²) in [6.07, 6.45) is 3.03. The van der Waals surface area contributed by atoms with Crippen LogP contribution >= 0.6 is 11.6 Å². The average molecular weight is 344 g/mol. The van der Waals surface area contributed by atoms with Gasteiger partial charge in [-0.05, 0) is 56.5 Å². The minimum Gasteiger partial charge on any atom is -0.396 e. The molecule has 23 heavy (non-hydrogen) atoms. The van der Waals surface area contributed by atoms with Crippen LogP contribution in [0.1, 0.15) is 19.3 Å². The van der Waals surface area contributed by atoms with E-state index in [0.29, 0.717) is 18.2 Å². The van der Waals surface area contributed by atoms with Crippen LogP contribution in [0, 0.1) is 11.7 Å². The molecule has 1 aliphatic heterocycles. The molecular formula is C16H23ClFN3O2. The molecule has 0 saturated carbocycles. The molecular weight excluding hydrogens is 321 g/mol. The van der Waals surface area contributed by atoms with Crippen LogP contribution in [0.4, 0.5) is 14.9 Å². The molecule has 1 fully saturated rings. The highest BCUT2D eigenvalue weighted by Gasteiger charge is 2.18. The number of amides is 2. The SMILES string of the molecule is O=C(NCCCN1CCC[C@H](CO)C1)Nc1cc(F)cc(Cl)c1. The molecule has 0 bridgehead atoms. The molecule has 0 aliphatic carbocycles. The highest BCUT2D eigenvalue weighted by Crippen LogP contribution is 2.18. The fraction of sp³-hybridized carbons (Fsp3) is 0.562. The number of nitrogens with one attached hydrogen (secondary N) is 2. The molecule has 0 spiro atoms. The van der Waals surface area contributed by atoms with Crippen molar-refractivity contribution in [2.24, 2.45) is 5.92 Å². The van der Waals surface area contributed by atoms with Crippen LogP contribution < -0.4 is 10.6 Å². The molecule has 0 unspecified atom stereocenters. The van der Waals surface area contributed by atoms with Crippen LogP contribution in [0.25, 0.3) is 0 Å². The molecule has 1 heterocycles. The van der Waals surface area contributed by atoms with E-state index in [1.807, 2.05) is 0 Å². The molecule has 1 aromatic carbocycles. The third-order valence-corrected chi connectivity index (χ3v) is 4.14. The first-order chi connectivity index (χ1) is 11.1. The number of likely N-dealkylation sites (tertiary alicyclic amines) is 1. The van der Waals surface area contributed by atoms with Crippen molar-refractivity contribution < 1.29 is 14.3 Å². The van der Waals surface area contributed by atoms with Gasteiger partial charge in [-0.25, -0.2) is 9.18 Å². The van der Waals surface area contributed by atoms with E-state index in [4.69, 9.17) is 11.6 Å². The van der Waals surface area contributed by atoms with E-state index in [2.05, 4.69) is 15.5 Å². The van der Waals surface area contributed by atoms with E-state index in [1.165, 1.54) is 18.2 Å². The van der Waals surface area contributed by atoms with Gasteiger partial charge in [-0.1, -0.05) is 11.6 Å². The van der Waals surface area contributed by atoms with Gasteiger partial charge in [0.2, 0.25) is 0 Å². The summed E-state index contributed by atoms with van der Waals surface area (Å²) in [6.45, 7) is 3.64. The molecule has 1 aliphatic rings. The quantitative estimate of drug-likeness (QED) is 0.696. The standard InChI is InChI=1S/C16H23ClFN3O2/c17-13-7-14(18)9-15(8-13)20-16(23)19-4-2-6-21-5-1-3-12(10-21)11-22/h7-9,12,22H,1-6,10-11H2,(H2,19,20,23)/t12-/m0/s1. The summed E-state index contributed by atoms with van der Waals surface area (Å²) >= 11 is 5.74. The van der Waals surface area contributed by atoms with Crippen LogP contribution in [0.5, 0.6) is 0 Å². The van der Waals surface area contributed by atoms with Crippen molar-refractivity contribution >= 4 is 23.3 Å². The summed E-state index contributed by atoms with van der Waals surface area (Å²) in [7, 11) is 0. The van der Waals surface area contributed by atoms with Gasteiger partial charge in [0.15, 0.2) is 0 Å². The Hall–Kier alpha value is -1.37. The number of anilines is 1. The lowest BCUT2D eigenvalue weighted by Gasteiger charge is -2.31. The second-order valence-electron chi connectivity index (χ2n) is 5.88. The predicted octanol–water partition coefficient (Wildman–Crippen LogP) is 2.70. The summed E-state index contributed by atoms with van der Waals surface area (Å²) in [5.74, 6) is -0.117. The Balaban J connectivity index is 1.65. The fourth-order valence-corrected chi connectivity index (χ4v) is 3.03. The van der Waals surface area contributed by atoms with E-state index in [0.717, 1.165) is 38.9 Å². The van der Waals surface area contributed by atoms with Gasteiger partial charge in [-0.15, -0.1) is 0 Å². The van der Waals surface area contributed by atoms with Crippen molar-refractivity contribution in [3.8, 4) is 0 Å². The van der Waals surface area contributed by atoms with Crippen molar-refractivity contribution in [1.82, 2.24) is 10.2 Å². The van der Waals surface area contributed by atoms with Crippen molar-refractivity contribution in [3.05, 3.63) is 29.0 Å². The topological polar surface area (TPSA) is 64.6 Å². The second kappa shape index (κ2) is 9.05. The van der Waals surface area contributed by atoms with Gasteiger partial charge >= 0.3 is 6.03 Å². The maximum atomic E-state index is 13.2. The number of hydrogen-bond donors (Lipinski definition) is 3. The first kappa shape index (κ1) is 18.0. The first-order valence-electron chi connectivity index (χ1n) is 7.91. The highest BCUT2D eigenvalue weighted by molar-refractivity contribution is 6.30. The molecule has 1 aromatic rings. The summed E-state index contributed by atoms with van der Waals surface area (Å²) in [5.41, 5.74) is 0.328. The Morgan fingerprint density at radius 1 is 1.43 bits per heavy atom. The van der Waals surface area contributed by atoms with Gasteiger partial charge in [-0.2, -0.15) is 0 Å².